The van der Waals surface area contributed by atoms with Gasteiger partial charge in [-0.3, -0.25) is 9.59 Å². The monoisotopic (exact) mass is 290 g/mol. The number of ketones is 1. The van der Waals surface area contributed by atoms with Gasteiger partial charge in [0, 0.05) is 31.5 Å². The normalized spacial score (nSPS) is 10.7. The van der Waals surface area contributed by atoms with Crippen LogP contribution in [0.5, 0.6) is 0 Å². The maximum atomic E-state index is 12.0. The van der Waals surface area contributed by atoms with E-state index >= 15 is 0 Å². The lowest BCUT2D eigenvalue weighted by Gasteiger charge is -2.07. The molecule has 0 fully saturated rings. The Morgan fingerprint density at radius 2 is 1.71 bits per heavy atom. The first kappa shape index (κ1) is 17.4. The highest BCUT2D eigenvalue weighted by Gasteiger charge is 2.09. The minimum absolute atomic E-state index is 0.0230. The fraction of sp³-hybridized carbons (Fsp3) is 0.529. The molecule has 21 heavy (non-hydrogen) atoms. The van der Waals surface area contributed by atoms with E-state index < -0.39 is 0 Å². The molecular formula is C17H26N2O2. The Kier molecular flexibility index (Phi) is 7.69. The third kappa shape index (κ3) is 7.04. The molecule has 4 nitrogen and oxygen atoms in total. The molecule has 1 rings (SSSR count). The zero-order valence-electron chi connectivity index (χ0n) is 13.2. The fourth-order valence-electron chi connectivity index (χ4n) is 2.08. The Morgan fingerprint density at radius 3 is 2.29 bits per heavy atom. The summed E-state index contributed by atoms with van der Waals surface area (Å²) in [5.41, 5.74) is 1.93. The van der Waals surface area contributed by atoms with E-state index in [-0.39, 0.29) is 24.5 Å². The van der Waals surface area contributed by atoms with Crippen LogP contribution < -0.4 is 10.6 Å². The van der Waals surface area contributed by atoms with Crippen molar-refractivity contribution in [1.82, 2.24) is 10.6 Å². The van der Waals surface area contributed by atoms with E-state index in [1.165, 1.54) is 5.56 Å². The molecular weight excluding hydrogens is 264 g/mol. The first-order valence-electron chi connectivity index (χ1n) is 7.56. The van der Waals surface area contributed by atoms with Gasteiger partial charge in [-0.2, -0.15) is 0 Å². The Balaban J connectivity index is 2.39. The number of benzene rings is 1. The minimum Gasteiger partial charge on any atom is -0.355 e. The van der Waals surface area contributed by atoms with Gasteiger partial charge < -0.3 is 10.6 Å². The van der Waals surface area contributed by atoms with E-state index in [0.29, 0.717) is 18.0 Å². The molecule has 0 aliphatic heterocycles. The molecule has 0 saturated heterocycles. The number of amides is 1. The summed E-state index contributed by atoms with van der Waals surface area (Å²) in [5.74, 6) is 0.553. The van der Waals surface area contributed by atoms with E-state index in [1.807, 2.05) is 31.3 Å². The van der Waals surface area contributed by atoms with Crippen LogP contribution in [-0.2, 0) is 11.2 Å². The maximum Gasteiger partial charge on any atom is 0.220 e. The second kappa shape index (κ2) is 9.29. The number of likely N-dealkylation sites (N-methyl/N-ethyl adjacent to an activating group) is 1. The van der Waals surface area contributed by atoms with Crippen molar-refractivity contribution < 1.29 is 9.59 Å². The first-order valence-corrected chi connectivity index (χ1v) is 7.56. The zero-order valence-corrected chi connectivity index (χ0v) is 13.2. The molecule has 1 aromatic rings. The highest BCUT2D eigenvalue weighted by Crippen LogP contribution is 2.11. The van der Waals surface area contributed by atoms with Gasteiger partial charge in [0.15, 0.2) is 5.78 Å². The van der Waals surface area contributed by atoms with Gasteiger partial charge in [0.25, 0.3) is 0 Å². The summed E-state index contributed by atoms with van der Waals surface area (Å²) in [6.45, 7) is 5.67. The Morgan fingerprint density at radius 1 is 1.05 bits per heavy atom. The van der Waals surface area contributed by atoms with Crippen molar-refractivity contribution >= 4 is 11.7 Å². The summed E-state index contributed by atoms with van der Waals surface area (Å²) in [6, 6.07) is 7.72. The van der Waals surface area contributed by atoms with Gasteiger partial charge in [0.05, 0.1) is 0 Å². The third-order valence-corrected chi connectivity index (χ3v) is 3.20. The number of rotatable bonds is 9. The van der Waals surface area contributed by atoms with Crippen molar-refractivity contribution in [2.45, 2.75) is 33.1 Å². The number of carbonyl (C=O) groups excluding carboxylic acids is 2. The van der Waals surface area contributed by atoms with Crippen molar-refractivity contribution in [3.8, 4) is 0 Å². The first-order chi connectivity index (χ1) is 10.0. The number of Topliss-reactive ketones (excluding diaryl/α,β-unsaturated/α-hetero) is 1. The van der Waals surface area contributed by atoms with Gasteiger partial charge in [-0.25, -0.2) is 0 Å². The summed E-state index contributed by atoms with van der Waals surface area (Å²) >= 11 is 0. The van der Waals surface area contributed by atoms with E-state index in [2.05, 4.69) is 24.5 Å². The topological polar surface area (TPSA) is 58.2 Å². The van der Waals surface area contributed by atoms with Crippen LogP contribution in [-0.4, -0.2) is 31.8 Å². The van der Waals surface area contributed by atoms with Crippen LogP contribution in [0.2, 0.25) is 0 Å². The zero-order chi connectivity index (χ0) is 15.7. The fourth-order valence-corrected chi connectivity index (χ4v) is 2.08. The average molecular weight is 290 g/mol. The molecule has 0 atom stereocenters. The molecule has 0 aliphatic carbocycles. The van der Waals surface area contributed by atoms with Crippen molar-refractivity contribution in [3.63, 3.8) is 0 Å². The lowest BCUT2D eigenvalue weighted by Crippen LogP contribution is -2.30. The molecule has 0 radical (unpaired) electrons. The van der Waals surface area contributed by atoms with Crippen LogP contribution in [0.4, 0.5) is 0 Å². The van der Waals surface area contributed by atoms with E-state index in [4.69, 9.17) is 0 Å². The van der Waals surface area contributed by atoms with E-state index in [1.54, 1.807) is 0 Å². The lowest BCUT2D eigenvalue weighted by molar-refractivity contribution is -0.121. The van der Waals surface area contributed by atoms with Crippen molar-refractivity contribution in [2.75, 3.05) is 20.1 Å². The van der Waals surface area contributed by atoms with Gasteiger partial charge in [-0.15, -0.1) is 0 Å². The molecule has 1 aromatic carbocycles. The Labute approximate surface area is 127 Å². The van der Waals surface area contributed by atoms with Crippen LogP contribution in [0.25, 0.3) is 0 Å². The van der Waals surface area contributed by atoms with Gasteiger partial charge in [-0.1, -0.05) is 38.1 Å². The molecule has 4 heteroatoms. The number of hydrogen-bond acceptors (Lipinski definition) is 3. The molecule has 1 amide bonds. The molecule has 0 aromatic heterocycles. The molecule has 0 bridgehead atoms. The SMILES string of the molecule is CNCCNC(=O)CCC(=O)c1ccc(CC(C)C)cc1. The average Bonchev–Trinajstić information content (AvgIpc) is 2.45. The predicted molar refractivity (Wildman–Crippen MR) is 85.5 cm³/mol. The number of carbonyl (C=O) groups is 2. The molecule has 0 saturated carbocycles. The Bertz CT molecular complexity index is 452. The summed E-state index contributed by atoms with van der Waals surface area (Å²) < 4.78 is 0. The Hall–Kier alpha value is -1.68. The standard InChI is InChI=1S/C17H26N2O2/c1-13(2)12-14-4-6-15(7-5-14)16(20)8-9-17(21)19-11-10-18-3/h4-7,13,18H,8-12H2,1-3H3,(H,19,21). The quantitative estimate of drug-likeness (QED) is 0.541. The van der Waals surface area contributed by atoms with Gasteiger partial charge in [0.1, 0.15) is 0 Å². The summed E-state index contributed by atoms with van der Waals surface area (Å²) in [5, 5.41) is 5.72. The van der Waals surface area contributed by atoms with Crippen LogP contribution in [0, 0.1) is 5.92 Å². The van der Waals surface area contributed by atoms with Crippen LogP contribution >= 0.6 is 0 Å². The lowest BCUT2D eigenvalue weighted by atomic mass is 9.99. The molecule has 116 valence electrons. The van der Waals surface area contributed by atoms with Crippen LogP contribution in [0.1, 0.15) is 42.6 Å². The minimum atomic E-state index is -0.0740. The second-order valence-electron chi connectivity index (χ2n) is 5.67. The molecule has 0 heterocycles. The molecule has 0 aliphatic rings. The number of nitrogens with one attached hydrogen (secondary N) is 2. The van der Waals surface area contributed by atoms with Crippen LogP contribution in [0.15, 0.2) is 24.3 Å². The predicted octanol–water partition coefficient (Wildman–Crippen LogP) is 2.18. The van der Waals surface area contributed by atoms with Crippen LogP contribution in [0.3, 0.4) is 0 Å². The van der Waals surface area contributed by atoms with E-state index in [9.17, 15) is 9.59 Å². The van der Waals surface area contributed by atoms with Crippen molar-refractivity contribution in [3.05, 3.63) is 35.4 Å². The largest absolute Gasteiger partial charge is 0.355 e. The highest BCUT2D eigenvalue weighted by molar-refractivity contribution is 5.97. The maximum absolute atomic E-state index is 12.0. The second-order valence-corrected chi connectivity index (χ2v) is 5.67. The van der Waals surface area contributed by atoms with E-state index in [0.717, 1.165) is 13.0 Å². The number of hydrogen-bond donors (Lipinski definition) is 2. The molecule has 0 spiro atoms. The highest BCUT2D eigenvalue weighted by atomic mass is 16.2. The summed E-state index contributed by atoms with van der Waals surface area (Å²) in [6.07, 6.45) is 1.52. The summed E-state index contributed by atoms with van der Waals surface area (Å²) in [4.78, 5) is 23.6. The van der Waals surface area contributed by atoms with Gasteiger partial charge in [-0.05, 0) is 24.9 Å². The third-order valence-electron chi connectivity index (χ3n) is 3.20. The van der Waals surface area contributed by atoms with Gasteiger partial charge >= 0.3 is 0 Å². The van der Waals surface area contributed by atoms with Gasteiger partial charge in [0.2, 0.25) is 5.91 Å². The van der Waals surface area contributed by atoms with Crippen molar-refractivity contribution in [1.29, 1.82) is 0 Å². The van der Waals surface area contributed by atoms with Crippen molar-refractivity contribution in [2.24, 2.45) is 5.92 Å². The molecule has 0 unspecified atom stereocenters. The summed E-state index contributed by atoms with van der Waals surface area (Å²) in [7, 11) is 1.83. The smallest absolute Gasteiger partial charge is 0.220 e. The molecule has 2 N–H and O–H groups in total.